The maximum atomic E-state index is 12.4. The molecular weight excluding hydrogens is 362 g/mol. The van der Waals surface area contributed by atoms with Gasteiger partial charge in [0.05, 0.1) is 10.8 Å². The minimum absolute atomic E-state index is 0.403. The Bertz CT molecular complexity index is 977. The lowest BCUT2D eigenvalue weighted by Crippen LogP contribution is -2.52. The van der Waals surface area contributed by atoms with Crippen LogP contribution in [0, 0.1) is 0 Å². The van der Waals surface area contributed by atoms with E-state index < -0.39 is 15.3 Å². The summed E-state index contributed by atoms with van der Waals surface area (Å²) in [5.74, 6) is 2.32. The fraction of sp³-hybridized carbons (Fsp3) is 0.350. The van der Waals surface area contributed by atoms with E-state index in [1.807, 2.05) is 48.5 Å². The van der Waals surface area contributed by atoms with Gasteiger partial charge in [0.25, 0.3) is 0 Å². The summed E-state index contributed by atoms with van der Waals surface area (Å²) in [6.45, 7) is 5.57. The van der Waals surface area contributed by atoms with Crippen LogP contribution in [0.5, 0.6) is 11.5 Å². The zero-order valence-corrected chi connectivity index (χ0v) is 16.3. The Labute approximate surface area is 160 Å². The van der Waals surface area contributed by atoms with Crippen molar-refractivity contribution in [2.24, 2.45) is 4.99 Å². The predicted molar refractivity (Wildman–Crippen MR) is 106 cm³/mol. The number of nitrogens with zero attached hydrogens (tertiary/aromatic N) is 3. The highest BCUT2D eigenvalue weighted by atomic mass is 32.2. The Morgan fingerprint density at radius 1 is 0.926 bits per heavy atom. The van der Waals surface area contributed by atoms with E-state index in [1.54, 1.807) is 18.2 Å². The lowest BCUT2D eigenvalue weighted by atomic mass is 10.1. The third-order valence-electron chi connectivity index (χ3n) is 4.93. The molecule has 7 heteroatoms. The molecule has 2 aromatic carbocycles. The largest absolute Gasteiger partial charge is 0.454 e. The van der Waals surface area contributed by atoms with Gasteiger partial charge in [0.15, 0.2) is 5.75 Å². The van der Waals surface area contributed by atoms with Crippen LogP contribution in [0.3, 0.4) is 0 Å². The van der Waals surface area contributed by atoms with Gasteiger partial charge in [0, 0.05) is 26.2 Å². The average molecular weight is 385 g/mol. The van der Waals surface area contributed by atoms with Gasteiger partial charge in [0.2, 0.25) is 10.0 Å². The molecule has 0 bridgehead atoms. The molecule has 0 N–H and O–H groups in total. The second-order valence-electron chi connectivity index (χ2n) is 6.98. The summed E-state index contributed by atoms with van der Waals surface area (Å²) in [6.07, 6.45) is 0. The molecular formula is C20H23N3O3S. The molecule has 2 aromatic rings. The number of sulfonamides is 1. The Morgan fingerprint density at radius 2 is 1.56 bits per heavy atom. The first-order valence-corrected chi connectivity index (χ1v) is 10.7. The summed E-state index contributed by atoms with van der Waals surface area (Å²) in [6, 6.07) is 15.5. The third-order valence-corrected chi connectivity index (χ3v) is 7.21. The number of hydrogen-bond acceptors (Lipinski definition) is 5. The highest BCUT2D eigenvalue weighted by Gasteiger charge is 2.31. The number of ether oxygens (including phenoxy) is 1. The molecule has 1 fully saturated rings. The van der Waals surface area contributed by atoms with Crippen LogP contribution in [0.25, 0.3) is 0 Å². The smallest absolute Gasteiger partial charge is 0.216 e. The lowest BCUT2D eigenvalue weighted by Gasteiger charge is -2.36. The number of aliphatic imine (C=N–C) groups is 1. The molecule has 0 amide bonds. The van der Waals surface area contributed by atoms with Gasteiger partial charge in [-0.3, -0.25) is 0 Å². The fourth-order valence-corrected chi connectivity index (χ4v) is 4.63. The molecule has 0 aliphatic carbocycles. The monoisotopic (exact) mass is 385 g/mol. The summed E-state index contributed by atoms with van der Waals surface area (Å²) in [4.78, 5) is 7.03. The molecule has 0 aromatic heterocycles. The van der Waals surface area contributed by atoms with Crippen LogP contribution in [0.4, 0.5) is 5.69 Å². The Kier molecular flexibility index (Phi) is 4.65. The molecule has 2 aliphatic rings. The van der Waals surface area contributed by atoms with Gasteiger partial charge in [0.1, 0.15) is 17.3 Å². The summed E-state index contributed by atoms with van der Waals surface area (Å²) >= 11 is 0. The SMILES string of the molecule is CC(C)S(=O)(=O)N1CCN(C2=Nc3ccccc3Oc3ccccc32)CC1. The van der Waals surface area contributed by atoms with Crippen LogP contribution >= 0.6 is 0 Å². The van der Waals surface area contributed by atoms with E-state index in [4.69, 9.17) is 9.73 Å². The van der Waals surface area contributed by atoms with Crippen molar-refractivity contribution < 1.29 is 13.2 Å². The lowest BCUT2D eigenvalue weighted by molar-refractivity contribution is 0.265. The van der Waals surface area contributed by atoms with Crippen molar-refractivity contribution in [2.45, 2.75) is 19.1 Å². The number of amidine groups is 1. The number of para-hydroxylation sites is 3. The van der Waals surface area contributed by atoms with E-state index in [1.165, 1.54) is 0 Å². The second-order valence-corrected chi connectivity index (χ2v) is 9.47. The molecule has 0 radical (unpaired) electrons. The van der Waals surface area contributed by atoms with Gasteiger partial charge in [-0.2, -0.15) is 4.31 Å². The predicted octanol–water partition coefficient (Wildman–Crippen LogP) is 3.23. The highest BCUT2D eigenvalue weighted by molar-refractivity contribution is 7.89. The summed E-state index contributed by atoms with van der Waals surface area (Å²) in [5, 5.41) is -0.403. The number of fused-ring (bicyclic) bond motifs is 2. The number of benzene rings is 2. The van der Waals surface area contributed by atoms with Crippen LogP contribution in [0.1, 0.15) is 19.4 Å². The van der Waals surface area contributed by atoms with Gasteiger partial charge in [-0.25, -0.2) is 13.4 Å². The van der Waals surface area contributed by atoms with Crippen LogP contribution in [0.2, 0.25) is 0 Å². The van der Waals surface area contributed by atoms with Crippen molar-refractivity contribution >= 4 is 21.5 Å². The van der Waals surface area contributed by atoms with E-state index in [0.29, 0.717) is 26.2 Å². The normalized spacial score (nSPS) is 17.6. The molecule has 0 saturated carbocycles. The van der Waals surface area contributed by atoms with Crippen molar-refractivity contribution in [3.05, 3.63) is 54.1 Å². The number of rotatable bonds is 2. The quantitative estimate of drug-likeness (QED) is 0.796. The van der Waals surface area contributed by atoms with E-state index in [-0.39, 0.29) is 0 Å². The van der Waals surface area contributed by atoms with Crippen LogP contribution in [-0.4, -0.2) is 54.9 Å². The van der Waals surface area contributed by atoms with E-state index in [9.17, 15) is 8.42 Å². The highest BCUT2D eigenvalue weighted by Crippen LogP contribution is 2.37. The number of hydrogen-bond donors (Lipinski definition) is 0. The maximum absolute atomic E-state index is 12.4. The molecule has 27 heavy (non-hydrogen) atoms. The molecule has 6 nitrogen and oxygen atoms in total. The van der Waals surface area contributed by atoms with Gasteiger partial charge in [-0.15, -0.1) is 0 Å². The van der Waals surface area contributed by atoms with Crippen LogP contribution < -0.4 is 4.74 Å². The maximum Gasteiger partial charge on any atom is 0.216 e. The standard InChI is InChI=1S/C20H23N3O3S/c1-15(2)27(24,25)23-13-11-22(12-14-23)20-16-7-3-5-9-18(16)26-19-10-6-4-8-17(19)21-20/h3-10,15H,11-14H2,1-2H3. The van der Waals surface area contributed by atoms with Gasteiger partial charge in [-0.1, -0.05) is 24.3 Å². The molecule has 2 heterocycles. The summed E-state index contributed by atoms with van der Waals surface area (Å²) in [5.41, 5.74) is 1.70. The first-order chi connectivity index (χ1) is 13.0. The van der Waals surface area contributed by atoms with Crippen LogP contribution in [-0.2, 0) is 10.0 Å². The van der Waals surface area contributed by atoms with Crippen LogP contribution in [0.15, 0.2) is 53.5 Å². The molecule has 0 unspecified atom stereocenters. The molecule has 1 saturated heterocycles. The zero-order valence-electron chi connectivity index (χ0n) is 15.5. The van der Waals surface area contributed by atoms with Gasteiger partial charge in [-0.05, 0) is 38.1 Å². The van der Waals surface area contributed by atoms with Crippen molar-refractivity contribution in [3.63, 3.8) is 0 Å². The van der Waals surface area contributed by atoms with Gasteiger partial charge < -0.3 is 9.64 Å². The molecule has 0 atom stereocenters. The summed E-state index contributed by atoms with van der Waals surface area (Å²) in [7, 11) is -3.23. The van der Waals surface area contributed by atoms with Crippen molar-refractivity contribution in [2.75, 3.05) is 26.2 Å². The average Bonchev–Trinajstić information content (AvgIpc) is 2.84. The van der Waals surface area contributed by atoms with E-state index in [0.717, 1.165) is 28.6 Å². The van der Waals surface area contributed by atoms with Crippen molar-refractivity contribution in [1.29, 1.82) is 0 Å². The third kappa shape index (κ3) is 3.33. The minimum atomic E-state index is -3.23. The fourth-order valence-electron chi connectivity index (χ4n) is 3.36. The zero-order chi connectivity index (χ0) is 19.0. The molecule has 4 rings (SSSR count). The van der Waals surface area contributed by atoms with E-state index in [2.05, 4.69) is 4.90 Å². The Morgan fingerprint density at radius 3 is 2.26 bits per heavy atom. The topological polar surface area (TPSA) is 62.2 Å². The molecule has 2 aliphatic heterocycles. The molecule has 0 spiro atoms. The Balaban J connectivity index is 1.66. The first-order valence-electron chi connectivity index (χ1n) is 9.15. The van der Waals surface area contributed by atoms with Gasteiger partial charge >= 0.3 is 0 Å². The van der Waals surface area contributed by atoms with Crippen molar-refractivity contribution in [3.8, 4) is 11.5 Å². The minimum Gasteiger partial charge on any atom is -0.454 e. The molecule has 142 valence electrons. The second kappa shape index (κ2) is 6.98. The number of piperazine rings is 1. The Hall–Kier alpha value is -2.38. The summed E-state index contributed by atoms with van der Waals surface area (Å²) < 4.78 is 32.6. The van der Waals surface area contributed by atoms with E-state index >= 15 is 0 Å². The van der Waals surface area contributed by atoms with Crippen molar-refractivity contribution in [1.82, 2.24) is 9.21 Å². The first kappa shape index (κ1) is 18.0.